The van der Waals surface area contributed by atoms with E-state index in [0.717, 1.165) is 24.4 Å². The van der Waals surface area contributed by atoms with Crippen LogP contribution in [0.3, 0.4) is 0 Å². The summed E-state index contributed by atoms with van der Waals surface area (Å²) in [7, 11) is 0. The Balaban J connectivity index is 2.03. The predicted octanol–water partition coefficient (Wildman–Crippen LogP) is 3.56. The first-order valence-electron chi connectivity index (χ1n) is 6.60. The van der Waals surface area contributed by atoms with Crippen LogP contribution < -0.4 is 0 Å². The van der Waals surface area contributed by atoms with Gasteiger partial charge in [0, 0.05) is 23.7 Å². The number of allylic oxidation sites excluding steroid dienone is 2. The number of carbonyl (C=O) groups excluding carboxylic acids is 1. The maximum atomic E-state index is 11.8. The fourth-order valence-corrected chi connectivity index (χ4v) is 4.06. The van der Waals surface area contributed by atoms with Crippen molar-refractivity contribution < 1.29 is 9.53 Å². The maximum absolute atomic E-state index is 11.8. The largest absolute Gasteiger partial charge is 0.495 e. The van der Waals surface area contributed by atoms with Crippen molar-refractivity contribution in [2.45, 2.75) is 57.3 Å². The minimum atomic E-state index is 0.168. The van der Waals surface area contributed by atoms with Gasteiger partial charge in [-0.25, -0.2) is 0 Å². The van der Waals surface area contributed by atoms with Crippen molar-refractivity contribution in [2.75, 3.05) is 5.75 Å². The summed E-state index contributed by atoms with van der Waals surface area (Å²) < 4.78 is 6.12. The molecule has 0 aromatic carbocycles. The SMILES string of the molecule is CCSC1(C2CC(=O)C=C(OC(C)C)C2)CC1. The lowest BCUT2D eigenvalue weighted by atomic mass is 9.87. The number of ether oxygens (including phenoxy) is 1. The van der Waals surface area contributed by atoms with Gasteiger partial charge in [0.2, 0.25) is 0 Å². The molecule has 0 aromatic heterocycles. The molecule has 1 atom stereocenters. The number of hydrogen-bond donors (Lipinski definition) is 0. The van der Waals surface area contributed by atoms with E-state index in [1.165, 1.54) is 12.8 Å². The van der Waals surface area contributed by atoms with Crippen LogP contribution in [0.2, 0.25) is 0 Å². The Morgan fingerprint density at radius 1 is 1.47 bits per heavy atom. The Morgan fingerprint density at radius 2 is 2.18 bits per heavy atom. The van der Waals surface area contributed by atoms with E-state index in [0.29, 0.717) is 10.7 Å². The molecule has 1 fully saturated rings. The second kappa shape index (κ2) is 5.05. The second-order valence-electron chi connectivity index (χ2n) is 5.35. The summed E-state index contributed by atoms with van der Waals surface area (Å²) in [6.45, 7) is 6.24. The molecule has 0 radical (unpaired) electrons. The third-order valence-electron chi connectivity index (χ3n) is 3.52. The van der Waals surface area contributed by atoms with Gasteiger partial charge in [-0.15, -0.1) is 0 Å². The van der Waals surface area contributed by atoms with Crippen molar-refractivity contribution in [3.05, 3.63) is 11.8 Å². The van der Waals surface area contributed by atoms with Crippen molar-refractivity contribution in [3.63, 3.8) is 0 Å². The van der Waals surface area contributed by atoms with Crippen LogP contribution in [0.1, 0.15) is 46.5 Å². The molecule has 2 nitrogen and oxygen atoms in total. The van der Waals surface area contributed by atoms with Gasteiger partial charge >= 0.3 is 0 Å². The lowest BCUT2D eigenvalue weighted by molar-refractivity contribution is -0.116. The van der Waals surface area contributed by atoms with E-state index in [-0.39, 0.29) is 11.9 Å². The Labute approximate surface area is 108 Å². The molecule has 1 unspecified atom stereocenters. The maximum Gasteiger partial charge on any atom is 0.159 e. The zero-order chi connectivity index (χ0) is 12.5. The monoisotopic (exact) mass is 254 g/mol. The molecule has 2 rings (SSSR count). The molecule has 96 valence electrons. The summed E-state index contributed by atoms with van der Waals surface area (Å²) in [5.74, 6) is 2.80. The van der Waals surface area contributed by atoms with Crippen molar-refractivity contribution in [3.8, 4) is 0 Å². The van der Waals surface area contributed by atoms with E-state index in [4.69, 9.17) is 4.74 Å². The van der Waals surface area contributed by atoms with Crippen LogP contribution >= 0.6 is 11.8 Å². The Kier molecular flexibility index (Phi) is 3.86. The smallest absolute Gasteiger partial charge is 0.159 e. The molecule has 3 heteroatoms. The summed E-state index contributed by atoms with van der Waals surface area (Å²) in [5, 5.41) is 0. The molecule has 2 aliphatic carbocycles. The predicted molar refractivity (Wildman–Crippen MR) is 72.1 cm³/mol. The average molecular weight is 254 g/mol. The molecule has 0 aromatic rings. The molecule has 0 spiro atoms. The third-order valence-corrected chi connectivity index (χ3v) is 5.13. The number of carbonyl (C=O) groups is 1. The average Bonchev–Trinajstić information content (AvgIpc) is 2.97. The summed E-state index contributed by atoms with van der Waals surface area (Å²) in [4.78, 5) is 11.8. The first kappa shape index (κ1) is 13.0. The van der Waals surface area contributed by atoms with Gasteiger partial charge in [0.05, 0.1) is 6.10 Å². The van der Waals surface area contributed by atoms with Crippen LogP contribution in [-0.4, -0.2) is 22.4 Å². The third kappa shape index (κ3) is 3.06. The van der Waals surface area contributed by atoms with E-state index in [1.54, 1.807) is 6.08 Å². The molecule has 0 aliphatic heterocycles. The van der Waals surface area contributed by atoms with Crippen LogP contribution in [-0.2, 0) is 9.53 Å². The van der Waals surface area contributed by atoms with E-state index < -0.39 is 0 Å². The molecular weight excluding hydrogens is 232 g/mol. The van der Waals surface area contributed by atoms with Gasteiger partial charge in [-0.05, 0) is 38.4 Å². The van der Waals surface area contributed by atoms with Crippen LogP contribution in [0, 0.1) is 5.92 Å². The molecule has 1 saturated carbocycles. The lowest BCUT2D eigenvalue weighted by Gasteiger charge is -2.30. The normalized spacial score (nSPS) is 26.9. The van der Waals surface area contributed by atoms with E-state index in [2.05, 4.69) is 6.92 Å². The first-order chi connectivity index (χ1) is 8.05. The Bertz CT molecular complexity index is 329. The van der Waals surface area contributed by atoms with E-state index in [1.807, 2.05) is 25.6 Å². The van der Waals surface area contributed by atoms with Crippen LogP contribution in [0.5, 0.6) is 0 Å². The number of rotatable bonds is 5. The highest BCUT2D eigenvalue weighted by atomic mass is 32.2. The Morgan fingerprint density at radius 3 is 2.71 bits per heavy atom. The molecule has 0 bridgehead atoms. The minimum absolute atomic E-state index is 0.168. The molecule has 0 N–H and O–H groups in total. The number of thioether (sulfide) groups is 1. The van der Waals surface area contributed by atoms with Crippen molar-refractivity contribution in [1.82, 2.24) is 0 Å². The summed E-state index contributed by atoms with van der Waals surface area (Å²) >= 11 is 2.04. The zero-order valence-corrected chi connectivity index (χ0v) is 11.8. The highest BCUT2D eigenvalue weighted by Crippen LogP contribution is 2.57. The van der Waals surface area contributed by atoms with Gasteiger partial charge in [-0.1, -0.05) is 6.92 Å². The fraction of sp³-hybridized carbons (Fsp3) is 0.786. The lowest BCUT2D eigenvalue weighted by Crippen LogP contribution is -2.27. The van der Waals surface area contributed by atoms with Gasteiger partial charge < -0.3 is 4.74 Å². The number of ketones is 1. The van der Waals surface area contributed by atoms with E-state index in [9.17, 15) is 4.79 Å². The number of hydrogen-bond acceptors (Lipinski definition) is 3. The fourth-order valence-electron chi connectivity index (χ4n) is 2.69. The topological polar surface area (TPSA) is 26.3 Å². The van der Waals surface area contributed by atoms with Crippen molar-refractivity contribution in [2.24, 2.45) is 5.92 Å². The summed E-state index contributed by atoms with van der Waals surface area (Å²) in [6.07, 6.45) is 6.11. The van der Waals surface area contributed by atoms with Gasteiger partial charge in [-0.2, -0.15) is 11.8 Å². The molecular formula is C14H22O2S. The molecule has 0 saturated heterocycles. The quantitative estimate of drug-likeness (QED) is 0.750. The van der Waals surface area contributed by atoms with Crippen LogP contribution in [0.15, 0.2) is 11.8 Å². The molecule has 17 heavy (non-hydrogen) atoms. The highest BCUT2D eigenvalue weighted by molar-refractivity contribution is 8.00. The van der Waals surface area contributed by atoms with Crippen LogP contribution in [0.4, 0.5) is 0 Å². The Hall–Kier alpha value is -0.440. The van der Waals surface area contributed by atoms with E-state index >= 15 is 0 Å². The zero-order valence-electron chi connectivity index (χ0n) is 11.0. The standard InChI is InChI=1S/C14H22O2S/c1-4-17-14(5-6-14)11-7-12(15)9-13(8-11)16-10(2)3/h9-11H,4-8H2,1-3H3. The summed E-state index contributed by atoms with van der Waals surface area (Å²) in [5.41, 5.74) is 0. The van der Waals surface area contributed by atoms with Gasteiger partial charge in [0.15, 0.2) is 5.78 Å². The minimum Gasteiger partial charge on any atom is -0.495 e. The van der Waals surface area contributed by atoms with Crippen molar-refractivity contribution >= 4 is 17.5 Å². The molecule has 2 aliphatic rings. The van der Waals surface area contributed by atoms with Gasteiger partial charge in [-0.3, -0.25) is 4.79 Å². The first-order valence-corrected chi connectivity index (χ1v) is 7.58. The highest BCUT2D eigenvalue weighted by Gasteiger charge is 2.50. The van der Waals surface area contributed by atoms with Crippen molar-refractivity contribution in [1.29, 1.82) is 0 Å². The summed E-state index contributed by atoms with van der Waals surface area (Å²) in [6, 6.07) is 0. The van der Waals surface area contributed by atoms with Gasteiger partial charge in [0.25, 0.3) is 0 Å². The van der Waals surface area contributed by atoms with Gasteiger partial charge in [0.1, 0.15) is 5.76 Å². The van der Waals surface area contributed by atoms with Crippen LogP contribution in [0.25, 0.3) is 0 Å². The second-order valence-corrected chi connectivity index (χ2v) is 7.03. The molecule has 0 amide bonds. The molecule has 0 heterocycles.